The van der Waals surface area contributed by atoms with Crippen molar-refractivity contribution in [3.8, 4) is 11.4 Å². The largest absolute Gasteiger partial charge is 0.512 e. The molecular formula is C36H43IrN2O2S-. The van der Waals surface area contributed by atoms with Gasteiger partial charge < -0.3 is 9.51 Å². The average Bonchev–Trinajstić information content (AvgIpc) is 3.60. The zero-order valence-electron chi connectivity index (χ0n) is 25.8. The average molecular weight is 760 g/mol. The Balaban J connectivity index is 0.000000263. The van der Waals surface area contributed by atoms with Crippen LogP contribution in [-0.4, -0.2) is 20.3 Å². The number of rotatable bonds is 8. The molecule has 0 unspecified atom stereocenters. The molecule has 3 aromatic heterocycles. The van der Waals surface area contributed by atoms with Crippen molar-refractivity contribution in [2.45, 2.75) is 79.6 Å². The summed E-state index contributed by atoms with van der Waals surface area (Å²) in [6.45, 7) is 14.9. The van der Waals surface area contributed by atoms with Crippen LogP contribution in [0.3, 0.4) is 0 Å². The van der Waals surface area contributed by atoms with Gasteiger partial charge in [0.2, 0.25) is 0 Å². The molecule has 3 heterocycles. The number of benzene rings is 2. The molecule has 0 spiro atoms. The Kier molecular flexibility index (Phi) is 11.7. The van der Waals surface area contributed by atoms with E-state index in [2.05, 4.69) is 85.1 Å². The molecule has 0 atom stereocenters. The minimum absolute atomic E-state index is 0. The quantitative estimate of drug-likeness (QED) is 0.0974. The summed E-state index contributed by atoms with van der Waals surface area (Å²) in [5, 5.41) is 15.6. The summed E-state index contributed by atoms with van der Waals surface area (Å²) in [6, 6.07) is 20.9. The molecule has 225 valence electrons. The molecule has 0 amide bonds. The topological polar surface area (TPSA) is 54.6 Å². The van der Waals surface area contributed by atoms with E-state index in [0.717, 1.165) is 48.0 Å². The molecule has 6 heteroatoms. The Labute approximate surface area is 268 Å². The van der Waals surface area contributed by atoms with Crippen molar-refractivity contribution in [1.29, 1.82) is 0 Å². The second-order valence-corrected chi connectivity index (χ2v) is 12.6. The van der Waals surface area contributed by atoms with Gasteiger partial charge in [0.15, 0.2) is 5.78 Å². The third-order valence-corrected chi connectivity index (χ3v) is 8.92. The zero-order valence-corrected chi connectivity index (χ0v) is 29.0. The van der Waals surface area contributed by atoms with Gasteiger partial charge in [-0.2, -0.15) is 0 Å². The summed E-state index contributed by atoms with van der Waals surface area (Å²) in [5.74, 6) is 1.51. The summed E-state index contributed by atoms with van der Waals surface area (Å²) < 4.78 is 2.26. The standard InChI is InChI=1S/C23H19N2S.C13H24O2.Ir/c1-23(2,3)20-13-17(12-16-6-4-5-7-19(16)20)21-24-14-18-9-8-15-10-11-26-22(15)25(18)21;1-5-10(6-2)12(14)9-13(15)11(7-3)8-4;/h4-11,13-14H,1-3H3;9-11,14H,5-8H2,1-4H3;/q-1;;/b;12-9-;. The van der Waals surface area contributed by atoms with Gasteiger partial charge in [-0.3, -0.25) is 9.78 Å². The first-order valence-electron chi connectivity index (χ1n) is 14.9. The fourth-order valence-corrected chi connectivity index (χ4v) is 6.34. The van der Waals surface area contributed by atoms with Crippen LogP contribution in [0.1, 0.15) is 79.7 Å². The van der Waals surface area contributed by atoms with Gasteiger partial charge in [-0.05, 0) is 54.7 Å². The molecule has 4 nitrogen and oxygen atoms in total. The van der Waals surface area contributed by atoms with E-state index in [1.807, 2.05) is 33.9 Å². The van der Waals surface area contributed by atoms with Crippen LogP contribution in [0.2, 0.25) is 0 Å². The molecule has 5 rings (SSSR count). The van der Waals surface area contributed by atoms with Crippen molar-refractivity contribution >= 4 is 43.6 Å². The number of aliphatic hydroxyl groups is 1. The Morgan fingerprint density at radius 1 is 1.00 bits per heavy atom. The number of aromatic nitrogens is 2. The number of ketones is 1. The van der Waals surface area contributed by atoms with E-state index in [9.17, 15) is 9.90 Å². The van der Waals surface area contributed by atoms with Gasteiger partial charge in [0.1, 0.15) is 4.83 Å². The van der Waals surface area contributed by atoms with Crippen LogP contribution in [0.4, 0.5) is 0 Å². The predicted molar refractivity (Wildman–Crippen MR) is 175 cm³/mol. The Bertz CT molecular complexity index is 1670. The van der Waals surface area contributed by atoms with Crippen LogP contribution in [0.25, 0.3) is 37.9 Å². The van der Waals surface area contributed by atoms with Crippen molar-refractivity contribution in [2.24, 2.45) is 11.8 Å². The number of thiophene rings is 1. The van der Waals surface area contributed by atoms with Gasteiger partial charge in [-0.1, -0.05) is 77.6 Å². The molecule has 2 aromatic carbocycles. The summed E-state index contributed by atoms with van der Waals surface area (Å²) in [5.41, 5.74) is 3.55. The van der Waals surface area contributed by atoms with Gasteiger partial charge in [0, 0.05) is 49.6 Å². The van der Waals surface area contributed by atoms with Crippen molar-refractivity contribution in [2.75, 3.05) is 0 Å². The first-order chi connectivity index (χ1) is 19.6. The fraction of sp³-hybridized carbons (Fsp3) is 0.389. The van der Waals surface area contributed by atoms with Crippen LogP contribution < -0.4 is 0 Å². The number of nitrogens with zero attached hydrogens (tertiary/aromatic N) is 2. The molecule has 0 saturated carbocycles. The minimum atomic E-state index is 0. The number of aliphatic hydroxyl groups excluding tert-OH is 1. The predicted octanol–water partition coefficient (Wildman–Crippen LogP) is 10.3. The van der Waals surface area contributed by atoms with Crippen molar-refractivity contribution in [3.05, 3.63) is 83.6 Å². The SMILES string of the molecule is CC(C)(C)c1cc(-c2ncc3ccc4ccsc4n23)[c-]c2ccccc12.CCC(CC)C(=O)/C=C(\O)C(CC)CC.[Ir]. The Morgan fingerprint density at radius 2 is 1.67 bits per heavy atom. The Hall–Kier alpha value is -2.79. The first kappa shape index (κ1) is 33.7. The van der Waals surface area contributed by atoms with Crippen molar-refractivity contribution in [3.63, 3.8) is 0 Å². The van der Waals surface area contributed by atoms with Crippen LogP contribution in [0.15, 0.2) is 71.9 Å². The van der Waals surface area contributed by atoms with E-state index < -0.39 is 0 Å². The summed E-state index contributed by atoms with van der Waals surface area (Å²) in [6.07, 6.45) is 6.86. The number of fused-ring (bicyclic) bond motifs is 4. The summed E-state index contributed by atoms with van der Waals surface area (Å²) in [4.78, 5) is 17.7. The maximum Gasteiger partial charge on any atom is 0.162 e. The van der Waals surface area contributed by atoms with Crippen LogP contribution in [-0.2, 0) is 30.3 Å². The smallest absolute Gasteiger partial charge is 0.162 e. The van der Waals surface area contributed by atoms with E-state index in [1.54, 1.807) is 11.3 Å². The van der Waals surface area contributed by atoms with Crippen LogP contribution in [0, 0.1) is 17.9 Å². The number of carbonyl (C=O) groups excluding carboxylic acids is 1. The second kappa shape index (κ2) is 14.6. The van der Waals surface area contributed by atoms with Crippen molar-refractivity contribution < 1.29 is 30.0 Å². The molecular weight excluding hydrogens is 717 g/mol. The summed E-state index contributed by atoms with van der Waals surface area (Å²) in [7, 11) is 0. The fourth-order valence-electron chi connectivity index (χ4n) is 5.43. The molecule has 1 N–H and O–H groups in total. The normalized spacial score (nSPS) is 12.2. The van der Waals surface area contributed by atoms with E-state index in [0.29, 0.717) is 0 Å². The van der Waals surface area contributed by atoms with Crippen LogP contribution in [0.5, 0.6) is 0 Å². The van der Waals surface area contributed by atoms with E-state index in [-0.39, 0.29) is 48.9 Å². The van der Waals surface area contributed by atoms with Gasteiger partial charge in [-0.25, -0.2) is 0 Å². The molecule has 0 fully saturated rings. The molecule has 0 saturated heterocycles. The third kappa shape index (κ3) is 7.22. The molecule has 1 radical (unpaired) electrons. The minimum Gasteiger partial charge on any atom is -0.512 e. The number of carbonyl (C=O) groups is 1. The zero-order chi connectivity index (χ0) is 29.7. The maximum absolute atomic E-state index is 11.7. The molecule has 5 aromatic rings. The van der Waals surface area contributed by atoms with Gasteiger partial charge >= 0.3 is 0 Å². The number of allylic oxidation sites excluding steroid dienone is 2. The first-order valence-corrected chi connectivity index (χ1v) is 15.7. The van der Waals surface area contributed by atoms with E-state index >= 15 is 0 Å². The third-order valence-electron chi connectivity index (χ3n) is 8.01. The Morgan fingerprint density at radius 3 is 2.31 bits per heavy atom. The number of imidazole rings is 1. The van der Waals surface area contributed by atoms with E-state index in [1.165, 1.54) is 27.2 Å². The van der Waals surface area contributed by atoms with Gasteiger partial charge in [0.05, 0.1) is 17.1 Å². The maximum atomic E-state index is 11.7. The number of pyridine rings is 1. The molecule has 42 heavy (non-hydrogen) atoms. The van der Waals surface area contributed by atoms with Gasteiger partial charge in [-0.15, -0.1) is 40.5 Å². The molecule has 0 bridgehead atoms. The van der Waals surface area contributed by atoms with E-state index in [4.69, 9.17) is 4.98 Å². The van der Waals surface area contributed by atoms with Crippen LogP contribution >= 0.6 is 11.3 Å². The second-order valence-electron chi connectivity index (χ2n) is 11.7. The molecule has 0 aliphatic carbocycles. The molecule has 0 aliphatic heterocycles. The number of hydrogen-bond acceptors (Lipinski definition) is 4. The molecule has 0 aliphatic rings. The number of hydrogen-bond donors (Lipinski definition) is 1. The van der Waals surface area contributed by atoms with Gasteiger partial charge in [0.25, 0.3) is 0 Å². The summed E-state index contributed by atoms with van der Waals surface area (Å²) >= 11 is 1.75. The van der Waals surface area contributed by atoms with Crippen molar-refractivity contribution in [1.82, 2.24) is 9.38 Å². The monoisotopic (exact) mass is 760 g/mol.